The van der Waals surface area contributed by atoms with Crippen molar-refractivity contribution in [2.45, 2.75) is 13.1 Å². The Morgan fingerprint density at radius 2 is 1.61 bits per heavy atom. The number of benzene rings is 1. The van der Waals surface area contributed by atoms with Crippen molar-refractivity contribution < 1.29 is 13.2 Å². The SMILES string of the molecule is [CH2]c1ccc(-c2ccc(C(F)(F)F)cc2)nc1C. The van der Waals surface area contributed by atoms with E-state index in [9.17, 15) is 13.2 Å². The van der Waals surface area contributed by atoms with Crippen molar-refractivity contribution in [3.8, 4) is 11.3 Å². The molecule has 0 bridgehead atoms. The fourth-order valence-electron chi connectivity index (χ4n) is 1.58. The minimum Gasteiger partial charge on any atom is -0.253 e. The molecule has 0 N–H and O–H groups in total. The van der Waals surface area contributed by atoms with Crippen molar-refractivity contribution in [3.05, 3.63) is 60.1 Å². The fraction of sp³-hybridized carbons (Fsp3) is 0.143. The highest BCUT2D eigenvalue weighted by Crippen LogP contribution is 2.30. The van der Waals surface area contributed by atoms with E-state index >= 15 is 0 Å². The number of nitrogens with zero attached hydrogens (tertiary/aromatic N) is 1. The molecule has 1 heterocycles. The summed E-state index contributed by atoms with van der Waals surface area (Å²) in [5.41, 5.74) is 2.23. The van der Waals surface area contributed by atoms with Gasteiger partial charge in [-0.15, -0.1) is 0 Å². The maximum absolute atomic E-state index is 12.4. The molecule has 0 aliphatic rings. The zero-order valence-corrected chi connectivity index (χ0v) is 9.75. The van der Waals surface area contributed by atoms with Crippen LogP contribution in [-0.2, 0) is 6.18 Å². The lowest BCUT2D eigenvalue weighted by atomic mass is 10.1. The molecule has 93 valence electrons. The molecule has 0 unspecified atom stereocenters. The molecule has 4 heteroatoms. The Kier molecular flexibility index (Phi) is 3.11. The van der Waals surface area contributed by atoms with Crippen molar-refractivity contribution in [1.29, 1.82) is 0 Å². The van der Waals surface area contributed by atoms with Crippen LogP contribution in [0.15, 0.2) is 36.4 Å². The molecule has 18 heavy (non-hydrogen) atoms. The van der Waals surface area contributed by atoms with Crippen molar-refractivity contribution in [2.75, 3.05) is 0 Å². The number of hydrogen-bond acceptors (Lipinski definition) is 1. The number of aryl methyl sites for hydroxylation is 1. The van der Waals surface area contributed by atoms with Gasteiger partial charge in [0.1, 0.15) is 0 Å². The predicted octanol–water partition coefficient (Wildman–Crippen LogP) is 4.26. The zero-order valence-electron chi connectivity index (χ0n) is 9.75. The third-order valence-electron chi connectivity index (χ3n) is 2.70. The summed E-state index contributed by atoms with van der Waals surface area (Å²) in [4.78, 5) is 4.29. The maximum Gasteiger partial charge on any atom is 0.416 e. The summed E-state index contributed by atoms with van der Waals surface area (Å²) in [5.74, 6) is 0. The van der Waals surface area contributed by atoms with Gasteiger partial charge in [0.2, 0.25) is 0 Å². The molecule has 0 spiro atoms. The van der Waals surface area contributed by atoms with E-state index in [0.29, 0.717) is 11.3 Å². The van der Waals surface area contributed by atoms with Crippen LogP contribution in [0.4, 0.5) is 13.2 Å². The van der Waals surface area contributed by atoms with Crippen LogP contribution < -0.4 is 0 Å². The van der Waals surface area contributed by atoms with E-state index in [-0.39, 0.29) is 0 Å². The Balaban J connectivity index is 2.37. The Labute approximate surface area is 103 Å². The van der Waals surface area contributed by atoms with Gasteiger partial charge in [-0.05, 0) is 37.6 Å². The molecule has 1 aromatic heterocycles. The summed E-state index contributed by atoms with van der Waals surface area (Å²) in [7, 11) is 0. The van der Waals surface area contributed by atoms with Gasteiger partial charge in [-0.1, -0.05) is 18.2 Å². The molecule has 0 amide bonds. The van der Waals surface area contributed by atoms with Gasteiger partial charge in [0.15, 0.2) is 0 Å². The van der Waals surface area contributed by atoms with Gasteiger partial charge in [-0.3, -0.25) is 4.98 Å². The van der Waals surface area contributed by atoms with Gasteiger partial charge in [0.05, 0.1) is 11.3 Å². The molecule has 1 radical (unpaired) electrons. The van der Waals surface area contributed by atoms with Gasteiger partial charge in [0, 0.05) is 11.3 Å². The maximum atomic E-state index is 12.4. The van der Waals surface area contributed by atoms with E-state index in [0.717, 1.165) is 23.4 Å². The summed E-state index contributed by atoms with van der Waals surface area (Å²) in [5, 5.41) is 0. The van der Waals surface area contributed by atoms with E-state index < -0.39 is 11.7 Å². The van der Waals surface area contributed by atoms with Crippen molar-refractivity contribution in [1.82, 2.24) is 4.98 Å². The van der Waals surface area contributed by atoms with Crippen LogP contribution in [0.3, 0.4) is 0 Å². The van der Waals surface area contributed by atoms with Crippen molar-refractivity contribution >= 4 is 0 Å². The van der Waals surface area contributed by atoms with E-state index in [1.165, 1.54) is 12.1 Å². The van der Waals surface area contributed by atoms with Gasteiger partial charge >= 0.3 is 6.18 Å². The molecule has 0 fully saturated rings. The van der Waals surface area contributed by atoms with Gasteiger partial charge < -0.3 is 0 Å². The summed E-state index contributed by atoms with van der Waals surface area (Å²) in [6.07, 6.45) is -4.31. The predicted molar refractivity (Wildman–Crippen MR) is 63.9 cm³/mol. The molecule has 1 aromatic carbocycles. The summed E-state index contributed by atoms with van der Waals surface area (Å²) in [6.45, 7) is 5.61. The van der Waals surface area contributed by atoms with Crippen LogP contribution >= 0.6 is 0 Å². The standard InChI is InChI=1S/C14H11F3N/c1-9-3-8-13(18-10(9)2)11-4-6-12(7-5-11)14(15,16)17/h3-8H,1H2,2H3. The highest BCUT2D eigenvalue weighted by molar-refractivity contribution is 5.60. The molecule has 1 nitrogen and oxygen atoms in total. The summed E-state index contributed by atoms with van der Waals surface area (Å²) < 4.78 is 37.2. The van der Waals surface area contributed by atoms with Gasteiger partial charge in [-0.2, -0.15) is 13.2 Å². The Hall–Kier alpha value is -1.84. The topological polar surface area (TPSA) is 12.9 Å². The zero-order chi connectivity index (χ0) is 13.3. The van der Waals surface area contributed by atoms with Crippen LogP contribution in [0.25, 0.3) is 11.3 Å². The average Bonchev–Trinajstić information content (AvgIpc) is 2.32. The first-order valence-corrected chi connectivity index (χ1v) is 5.35. The highest BCUT2D eigenvalue weighted by atomic mass is 19.4. The molecule has 0 aliphatic heterocycles. The molecule has 2 aromatic rings. The minimum atomic E-state index is -4.31. The molecular formula is C14H11F3N. The first-order chi connectivity index (χ1) is 8.38. The van der Waals surface area contributed by atoms with Gasteiger partial charge in [-0.25, -0.2) is 0 Å². The minimum absolute atomic E-state index is 0.647. The van der Waals surface area contributed by atoms with Crippen LogP contribution in [0.1, 0.15) is 16.8 Å². The lowest BCUT2D eigenvalue weighted by molar-refractivity contribution is -0.137. The van der Waals surface area contributed by atoms with Crippen LogP contribution in [0.2, 0.25) is 0 Å². The number of hydrogen-bond donors (Lipinski definition) is 0. The van der Waals surface area contributed by atoms with E-state index in [2.05, 4.69) is 11.9 Å². The van der Waals surface area contributed by atoms with Crippen LogP contribution in [-0.4, -0.2) is 4.98 Å². The van der Waals surface area contributed by atoms with Crippen molar-refractivity contribution in [3.63, 3.8) is 0 Å². The molecule has 0 aliphatic carbocycles. The fourth-order valence-corrected chi connectivity index (χ4v) is 1.58. The number of aromatic nitrogens is 1. The van der Waals surface area contributed by atoms with E-state index in [4.69, 9.17) is 0 Å². The smallest absolute Gasteiger partial charge is 0.253 e. The molecule has 2 rings (SSSR count). The van der Waals surface area contributed by atoms with Gasteiger partial charge in [0.25, 0.3) is 0 Å². The number of rotatable bonds is 1. The lowest BCUT2D eigenvalue weighted by Gasteiger charge is -2.08. The van der Waals surface area contributed by atoms with E-state index in [1.54, 1.807) is 12.1 Å². The average molecular weight is 250 g/mol. The molecule has 0 atom stereocenters. The number of alkyl halides is 3. The van der Waals surface area contributed by atoms with Crippen LogP contribution in [0, 0.1) is 13.8 Å². The second kappa shape index (κ2) is 4.44. The monoisotopic (exact) mass is 250 g/mol. The molecule has 0 saturated heterocycles. The Morgan fingerprint density at radius 3 is 2.11 bits per heavy atom. The number of pyridine rings is 1. The third kappa shape index (κ3) is 2.53. The molecular weight excluding hydrogens is 239 g/mol. The van der Waals surface area contributed by atoms with E-state index in [1.807, 2.05) is 6.92 Å². The largest absolute Gasteiger partial charge is 0.416 e. The summed E-state index contributed by atoms with van der Waals surface area (Å²) >= 11 is 0. The molecule has 0 saturated carbocycles. The van der Waals surface area contributed by atoms with Crippen molar-refractivity contribution in [2.24, 2.45) is 0 Å². The number of halogens is 3. The third-order valence-corrected chi connectivity index (χ3v) is 2.70. The Bertz CT molecular complexity index is 556. The second-order valence-electron chi connectivity index (χ2n) is 4.02. The summed E-state index contributed by atoms with van der Waals surface area (Å²) in [6, 6.07) is 8.52. The first-order valence-electron chi connectivity index (χ1n) is 5.35. The highest BCUT2D eigenvalue weighted by Gasteiger charge is 2.29. The quantitative estimate of drug-likeness (QED) is 0.737. The van der Waals surface area contributed by atoms with Crippen LogP contribution in [0.5, 0.6) is 0 Å². The second-order valence-corrected chi connectivity index (χ2v) is 4.02. The Morgan fingerprint density at radius 1 is 1.00 bits per heavy atom. The lowest BCUT2D eigenvalue weighted by Crippen LogP contribution is -2.04. The first kappa shape index (κ1) is 12.6. The normalized spacial score (nSPS) is 11.6.